The summed E-state index contributed by atoms with van der Waals surface area (Å²) < 4.78 is 0.758. The Kier molecular flexibility index (Phi) is 3.43. The zero-order valence-electron chi connectivity index (χ0n) is 8.85. The first-order chi connectivity index (χ1) is 7.20. The summed E-state index contributed by atoms with van der Waals surface area (Å²) in [5, 5.41) is 0. The van der Waals surface area contributed by atoms with Gasteiger partial charge in [0.05, 0.1) is 9.26 Å². The Morgan fingerprint density at radius 2 is 2.27 bits per heavy atom. The first-order valence-electron chi connectivity index (χ1n) is 5.48. The Labute approximate surface area is 103 Å². The van der Waals surface area contributed by atoms with Gasteiger partial charge in [0.15, 0.2) is 0 Å². The van der Waals surface area contributed by atoms with Crippen LogP contribution in [-0.4, -0.2) is 9.97 Å². The average molecular weight is 318 g/mol. The predicted molar refractivity (Wildman–Crippen MR) is 68.0 cm³/mol. The number of hydrogen-bond donors (Lipinski definition) is 1. The van der Waals surface area contributed by atoms with Crippen molar-refractivity contribution in [1.29, 1.82) is 0 Å². The zero-order valence-corrected chi connectivity index (χ0v) is 11.0. The number of hydrogen-bond acceptors (Lipinski definition) is 2. The van der Waals surface area contributed by atoms with E-state index in [4.69, 9.17) is 0 Å². The molecule has 1 heterocycles. The Balaban J connectivity index is 2.27. The number of nitrogens with zero attached hydrogens (tertiary/aromatic N) is 1. The van der Waals surface area contributed by atoms with Gasteiger partial charge in [0, 0.05) is 6.42 Å². The monoisotopic (exact) mass is 318 g/mol. The van der Waals surface area contributed by atoms with Gasteiger partial charge in [-0.1, -0.05) is 13.3 Å². The van der Waals surface area contributed by atoms with Crippen molar-refractivity contribution in [2.75, 3.05) is 0 Å². The largest absolute Gasteiger partial charge is 0.310 e. The maximum atomic E-state index is 11.6. The van der Waals surface area contributed by atoms with Crippen molar-refractivity contribution < 1.29 is 0 Å². The van der Waals surface area contributed by atoms with Crippen molar-refractivity contribution in [1.82, 2.24) is 9.97 Å². The van der Waals surface area contributed by atoms with Gasteiger partial charge in [-0.15, -0.1) is 0 Å². The molecule has 0 saturated heterocycles. The number of halogens is 1. The molecule has 0 amide bonds. The molecule has 0 radical (unpaired) electrons. The van der Waals surface area contributed by atoms with Gasteiger partial charge in [-0.05, 0) is 47.8 Å². The second-order valence-electron chi connectivity index (χ2n) is 4.17. The van der Waals surface area contributed by atoms with Crippen LogP contribution < -0.4 is 5.56 Å². The molecule has 0 atom stereocenters. The average Bonchev–Trinajstić information content (AvgIpc) is 2.98. The fraction of sp³-hybridized carbons (Fsp3) is 0.636. The third kappa shape index (κ3) is 2.80. The minimum atomic E-state index is 0.0321. The standard InChI is InChI=1S/C11H15IN2O/c1-2-3-8-10(12)11(15)14-9(13-8)6-7-4-5-7/h7H,2-6H2,1H3,(H,13,14,15). The smallest absolute Gasteiger partial charge is 0.264 e. The maximum Gasteiger partial charge on any atom is 0.264 e. The molecule has 1 aliphatic carbocycles. The molecule has 2 rings (SSSR count). The van der Waals surface area contributed by atoms with Crippen LogP contribution in [-0.2, 0) is 12.8 Å². The van der Waals surface area contributed by atoms with E-state index in [2.05, 4.69) is 39.5 Å². The number of aryl methyl sites for hydroxylation is 1. The maximum absolute atomic E-state index is 11.6. The van der Waals surface area contributed by atoms with Crippen LogP contribution in [0.4, 0.5) is 0 Å². The second-order valence-corrected chi connectivity index (χ2v) is 5.25. The van der Waals surface area contributed by atoms with Gasteiger partial charge in [-0.2, -0.15) is 0 Å². The van der Waals surface area contributed by atoms with Gasteiger partial charge in [0.25, 0.3) is 5.56 Å². The minimum absolute atomic E-state index is 0.0321. The van der Waals surface area contributed by atoms with Crippen LogP contribution in [0.15, 0.2) is 4.79 Å². The van der Waals surface area contributed by atoms with Crippen LogP contribution in [0, 0.1) is 9.49 Å². The van der Waals surface area contributed by atoms with Gasteiger partial charge in [-0.25, -0.2) is 4.98 Å². The van der Waals surface area contributed by atoms with E-state index < -0.39 is 0 Å². The molecule has 3 nitrogen and oxygen atoms in total. The molecule has 1 N–H and O–H groups in total. The molecular formula is C11H15IN2O. The number of aromatic nitrogens is 2. The van der Waals surface area contributed by atoms with E-state index in [9.17, 15) is 4.79 Å². The molecule has 4 heteroatoms. The highest BCUT2D eigenvalue weighted by molar-refractivity contribution is 14.1. The Hall–Kier alpha value is -0.390. The molecule has 1 aromatic rings. The molecule has 15 heavy (non-hydrogen) atoms. The molecule has 0 aliphatic heterocycles. The van der Waals surface area contributed by atoms with Crippen LogP contribution in [0.3, 0.4) is 0 Å². The molecule has 1 aliphatic rings. The van der Waals surface area contributed by atoms with Crippen LogP contribution in [0.2, 0.25) is 0 Å². The molecule has 0 bridgehead atoms. The number of H-pyrrole nitrogens is 1. The number of aromatic amines is 1. The first kappa shape index (κ1) is 11.1. The van der Waals surface area contributed by atoms with Gasteiger partial charge >= 0.3 is 0 Å². The molecule has 0 aromatic carbocycles. The van der Waals surface area contributed by atoms with Gasteiger partial charge < -0.3 is 4.98 Å². The topological polar surface area (TPSA) is 45.8 Å². The fourth-order valence-electron chi connectivity index (χ4n) is 1.65. The highest BCUT2D eigenvalue weighted by atomic mass is 127. The third-order valence-electron chi connectivity index (χ3n) is 2.65. The van der Waals surface area contributed by atoms with Gasteiger partial charge in [-0.3, -0.25) is 4.79 Å². The lowest BCUT2D eigenvalue weighted by atomic mass is 10.2. The van der Waals surface area contributed by atoms with Crippen LogP contribution in [0.25, 0.3) is 0 Å². The summed E-state index contributed by atoms with van der Waals surface area (Å²) in [4.78, 5) is 19.0. The van der Waals surface area contributed by atoms with Crippen LogP contribution >= 0.6 is 22.6 Å². The Bertz CT molecular complexity index is 410. The zero-order chi connectivity index (χ0) is 10.8. The minimum Gasteiger partial charge on any atom is -0.310 e. The summed E-state index contributed by atoms with van der Waals surface area (Å²) in [5.74, 6) is 1.65. The molecule has 0 spiro atoms. The first-order valence-corrected chi connectivity index (χ1v) is 6.56. The van der Waals surface area contributed by atoms with Crippen molar-refractivity contribution in [2.24, 2.45) is 5.92 Å². The summed E-state index contributed by atoms with van der Waals surface area (Å²) in [6, 6.07) is 0. The number of nitrogens with one attached hydrogen (secondary N) is 1. The highest BCUT2D eigenvalue weighted by Crippen LogP contribution is 2.31. The normalized spacial score (nSPS) is 15.6. The van der Waals surface area contributed by atoms with E-state index >= 15 is 0 Å². The van der Waals surface area contributed by atoms with Gasteiger partial charge in [0.2, 0.25) is 0 Å². The number of rotatable bonds is 4. The fourth-order valence-corrected chi connectivity index (χ4v) is 2.18. The van der Waals surface area contributed by atoms with E-state index in [1.807, 2.05) is 0 Å². The molecular weight excluding hydrogens is 303 g/mol. The SMILES string of the molecule is CCCc1nc(CC2CC2)[nH]c(=O)c1I. The van der Waals surface area contributed by atoms with E-state index in [0.29, 0.717) is 0 Å². The molecule has 1 saturated carbocycles. The lowest BCUT2D eigenvalue weighted by Crippen LogP contribution is -2.18. The van der Waals surface area contributed by atoms with Crippen molar-refractivity contribution in [3.8, 4) is 0 Å². The Morgan fingerprint density at radius 1 is 1.53 bits per heavy atom. The summed E-state index contributed by atoms with van der Waals surface area (Å²) in [6.07, 6.45) is 5.47. The Morgan fingerprint density at radius 3 is 2.87 bits per heavy atom. The van der Waals surface area contributed by atoms with Crippen LogP contribution in [0.1, 0.15) is 37.7 Å². The summed E-state index contributed by atoms with van der Waals surface area (Å²) in [7, 11) is 0. The predicted octanol–water partition coefficient (Wildman–Crippen LogP) is 2.28. The van der Waals surface area contributed by atoms with Crippen molar-refractivity contribution in [3.63, 3.8) is 0 Å². The van der Waals surface area contributed by atoms with Crippen molar-refractivity contribution in [3.05, 3.63) is 25.4 Å². The van der Waals surface area contributed by atoms with E-state index in [1.165, 1.54) is 12.8 Å². The molecule has 82 valence electrons. The quantitative estimate of drug-likeness (QED) is 0.866. The van der Waals surface area contributed by atoms with Gasteiger partial charge in [0.1, 0.15) is 5.82 Å². The summed E-state index contributed by atoms with van der Waals surface area (Å²) >= 11 is 2.09. The van der Waals surface area contributed by atoms with Crippen molar-refractivity contribution in [2.45, 2.75) is 39.0 Å². The van der Waals surface area contributed by atoms with Crippen molar-refractivity contribution >= 4 is 22.6 Å². The van der Waals surface area contributed by atoms with E-state index in [0.717, 1.165) is 40.3 Å². The summed E-state index contributed by atoms with van der Waals surface area (Å²) in [6.45, 7) is 2.11. The second kappa shape index (κ2) is 4.63. The molecule has 0 unspecified atom stereocenters. The highest BCUT2D eigenvalue weighted by Gasteiger charge is 2.23. The van der Waals surface area contributed by atoms with Crippen LogP contribution in [0.5, 0.6) is 0 Å². The molecule has 1 fully saturated rings. The molecule has 1 aromatic heterocycles. The van der Waals surface area contributed by atoms with E-state index in [1.54, 1.807) is 0 Å². The lowest BCUT2D eigenvalue weighted by Gasteiger charge is -2.04. The third-order valence-corrected chi connectivity index (χ3v) is 3.76. The van der Waals surface area contributed by atoms with E-state index in [-0.39, 0.29) is 5.56 Å². The summed E-state index contributed by atoms with van der Waals surface area (Å²) in [5.41, 5.74) is 1.00. The lowest BCUT2D eigenvalue weighted by molar-refractivity contribution is 0.738.